The van der Waals surface area contributed by atoms with Gasteiger partial charge in [-0.05, 0) is 24.3 Å². The Bertz CT molecular complexity index is 1260. The molecule has 0 saturated carbocycles. The van der Waals surface area contributed by atoms with Gasteiger partial charge < -0.3 is 10.1 Å². The molecule has 1 heterocycles. The van der Waals surface area contributed by atoms with Crippen molar-refractivity contribution in [2.45, 2.75) is 0 Å². The molecule has 31 heavy (non-hydrogen) atoms. The van der Waals surface area contributed by atoms with Crippen LogP contribution in [0.25, 0.3) is 22.2 Å². The first kappa shape index (κ1) is 20.8. The zero-order chi connectivity index (χ0) is 21.8. The van der Waals surface area contributed by atoms with Crippen LogP contribution in [0.5, 0.6) is 0 Å². The molecule has 0 spiro atoms. The maximum absolute atomic E-state index is 12.9. The summed E-state index contributed by atoms with van der Waals surface area (Å²) in [6, 6.07) is 23.3. The number of hydrogen-bond acceptors (Lipinski definition) is 4. The third-order valence-electron chi connectivity index (χ3n) is 4.57. The number of amides is 1. The summed E-state index contributed by atoms with van der Waals surface area (Å²) in [4.78, 5) is 29.8. The minimum atomic E-state index is -0.629. The largest absolute Gasteiger partial charge is 0.452 e. The Morgan fingerprint density at radius 1 is 0.871 bits per heavy atom. The Labute approximate surface area is 188 Å². The molecule has 4 aromatic rings. The maximum atomic E-state index is 12.9. The molecule has 0 bridgehead atoms. The van der Waals surface area contributed by atoms with Gasteiger partial charge in [-0.2, -0.15) is 0 Å². The summed E-state index contributed by atoms with van der Waals surface area (Å²) in [6.07, 6.45) is 0. The Morgan fingerprint density at radius 3 is 2.29 bits per heavy atom. The van der Waals surface area contributed by atoms with E-state index in [2.05, 4.69) is 10.3 Å². The fourth-order valence-electron chi connectivity index (χ4n) is 3.10. The van der Waals surface area contributed by atoms with Crippen LogP contribution in [0.15, 0.2) is 78.9 Å². The summed E-state index contributed by atoms with van der Waals surface area (Å²) in [6.45, 7) is -0.488. The molecular weight excluding hydrogens is 435 g/mol. The zero-order valence-electron chi connectivity index (χ0n) is 16.1. The number of aromatic nitrogens is 1. The monoisotopic (exact) mass is 450 g/mol. The number of para-hydroxylation sites is 2. The van der Waals surface area contributed by atoms with E-state index in [4.69, 9.17) is 27.9 Å². The van der Waals surface area contributed by atoms with E-state index in [9.17, 15) is 9.59 Å². The smallest absolute Gasteiger partial charge is 0.339 e. The van der Waals surface area contributed by atoms with E-state index in [0.717, 1.165) is 5.56 Å². The number of esters is 1. The molecule has 3 aromatic carbocycles. The molecule has 0 saturated heterocycles. The van der Waals surface area contributed by atoms with Gasteiger partial charge in [0, 0.05) is 10.9 Å². The van der Waals surface area contributed by atoms with Crippen molar-refractivity contribution in [3.05, 3.63) is 94.5 Å². The van der Waals surface area contributed by atoms with Crippen LogP contribution >= 0.6 is 23.2 Å². The lowest BCUT2D eigenvalue weighted by Gasteiger charge is -2.11. The van der Waals surface area contributed by atoms with Gasteiger partial charge >= 0.3 is 5.97 Å². The van der Waals surface area contributed by atoms with Gasteiger partial charge in [-0.15, -0.1) is 0 Å². The molecule has 4 rings (SSSR count). The lowest BCUT2D eigenvalue weighted by atomic mass is 10.0. The number of carbonyl (C=O) groups excluding carboxylic acids is 2. The van der Waals surface area contributed by atoms with Crippen LogP contribution in [0.2, 0.25) is 10.0 Å². The molecule has 0 aliphatic carbocycles. The van der Waals surface area contributed by atoms with E-state index in [1.165, 1.54) is 0 Å². The van der Waals surface area contributed by atoms with Gasteiger partial charge in [0.2, 0.25) is 0 Å². The number of anilines is 1. The molecule has 154 valence electrons. The fraction of sp³-hybridized carbons (Fsp3) is 0.0417. The number of hydrogen-bond donors (Lipinski definition) is 1. The number of halogens is 2. The van der Waals surface area contributed by atoms with Gasteiger partial charge in [-0.3, -0.25) is 4.79 Å². The predicted molar refractivity (Wildman–Crippen MR) is 123 cm³/mol. The highest BCUT2D eigenvalue weighted by atomic mass is 35.5. The zero-order valence-corrected chi connectivity index (χ0v) is 17.7. The van der Waals surface area contributed by atoms with Crippen molar-refractivity contribution in [1.82, 2.24) is 4.98 Å². The first-order valence-corrected chi connectivity index (χ1v) is 10.1. The molecule has 0 unspecified atom stereocenters. The second-order valence-corrected chi connectivity index (χ2v) is 7.47. The Hall–Kier alpha value is -3.41. The minimum Gasteiger partial charge on any atom is -0.452 e. The average Bonchev–Trinajstić information content (AvgIpc) is 2.80. The van der Waals surface area contributed by atoms with Crippen molar-refractivity contribution in [2.24, 2.45) is 0 Å². The summed E-state index contributed by atoms with van der Waals surface area (Å²) >= 11 is 12.1. The minimum absolute atomic E-state index is 0.271. The van der Waals surface area contributed by atoms with Gasteiger partial charge in [-0.1, -0.05) is 77.8 Å². The lowest BCUT2D eigenvalue weighted by Crippen LogP contribution is -2.21. The molecule has 1 amide bonds. The standard InChI is InChI=1S/C24H16Cl2N2O3/c25-18-10-6-11-19(26)23(18)28-22(29)14-31-24(30)17-13-21(15-7-2-1-3-8-15)27-20-12-5-4-9-16(17)20/h1-13H,14H2,(H,28,29). The predicted octanol–water partition coefficient (Wildman–Crippen LogP) is 6.00. The van der Waals surface area contributed by atoms with Gasteiger partial charge in [-0.25, -0.2) is 9.78 Å². The molecule has 5 nitrogen and oxygen atoms in total. The molecule has 0 aliphatic rings. The summed E-state index contributed by atoms with van der Waals surface area (Å²) in [7, 11) is 0. The highest BCUT2D eigenvalue weighted by Gasteiger charge is 2.17. The highest BCUT2D eigenvalue weighted by Crippen LogP contribution is 2.30. The Morgan fingerprint density at radius 2 is 1.55 bits per heavy atom. The number of rotatable bonds is 5. The first-order chi connectivity index (χ1) is 15.0. The van der Waals surface area contributed by atoms with E-state index in [-0.39, 0.29) is 5.69 Å². The molecule has 0 radical (unpaired) electrons. The molecular formula is C24H16Cl2N2O3. The number of fused-ring (bicyclic) bond motifs is 1. The number of carbonyl (C=O) groups is 2. The average molecular weight is 451 g/mol. The lowest BCUT2D eigenvalue weighted by molar-refractivity contribution is -0.119. The van der Waals surface area contributed by atoms with Crippen LogP contribution in [-0.4, -0.2) is 23.5 Å². The quantitative estimate of drug-likeness (QED) is 0.378. The fourth-order valence-corrected chi connectivity index (χ4v) is 3.59. The molecule has 7 heteroatoms. The number of ether oxygens (including phenoxy) is 1. The van der Waals surface area contributed by atoms with Gasteiger partial charge in [0.1, 0.15) is 0 Å². The number of nitrogens with zero attached hydrogens (tertiary/aromatic N) is 1. The summed E-state index contributed by atoms with van der Waals surface area (Å²) < 4.78 is 5.28. The molecule has 1 aromatic heterocycles. The molecule has 0 aliphatic heterocycles. The second kappa shape index (κ2) is 9.16. The molecule has 0 fully saturated rings. The van der Waals surface area contributed by atoms with Crippen molar-refractivity contribution in [3.63, 3.8) is 0 Å². The van der Waals surface area contributed by atoms with Crippen molar-refractivity contribution < 1.29 is 14.3 Å². The molecule has 0 atom stereocenters. The third kappa shape index (κ3) is 4.68. The summed E-state index contributed by atoms with van der Waals surface area (Å²) in [5.74, 6) is -1.18. The first-order valence-electron chi connectivity index (χ1n) is 9.39. The highest BCUT2D eigenvalue weighted by molar-refractivity contribution is 6.39. The van der Waals surface area contributed by atoms with E-state index >= 15 is 0 Å². The van der Waals surface area contributed by atoms with Gasteiger partial charge in [0.25, 0.3) is 5.91 Å². The van der Waals surface area contributed by atoms with E-state index < -0.39 is 18.5 Å². The van der Waals surface area contributed by atoms with E-state index in [1.54, 1.807) is 30.3 Å². The SMILES string of the molecule is O=C(COC(=O)c1cc(-c2ccccc2)nc2ccccc12)Nc1c(Cl)cccc1Cl. The number of benzene rings is 3. The van der Waals surface area contributed by atoms with Crippen LogP contribution in [0.4, 0.5) is 5.69 Å². The Kier molecular flexibility index (Phi) is 6.16. The molecule has 1 N–H and O–H groups in total. The Balaban J connectivity index is 1.57. The van der Waals surface area contributed by atoms with Crippen LogP contribution in [0, 0.1) is 0 Å². The number of pyridine rings is 1. The van der Waals surface area contributed by atoms with E-state index in [1.807, 2.05) is 48.5 Å². The van der Waals surface area contributed by atoms with Crippen molar-refractivity contribution in [3.8, 4) is 11.3 Å². The summed E-state index contributed by atoms with van der Waals surface area (Å²) in [5.41, 5.74) is 2.76. The normalized spacial score (nSPS) is 10.6. The van der Waals surface area contributed by atoms with Crippen LogP contribution in [0.1, 0.15) is 10.4 Å². The number of nitrogens with one attached hydrogen (secondary N) is 1. The van der Waals surface area contributed by atoms with Gasteiger partial charge in [0.15, 0.2) is 6.61 Å². The summed E-state index contributed by atoms with van der Waals surface area (Å²) in [5, 5.41) is 3.79. The topological polar surface area (TPSA) is 68.3 Å². The maximum Gasteiger partial charge on any atom is 0.339 e. The third-order valence-corrected chi connectivity index (χ3v) is 5.20. The van der Waals surface area contributed by atoms with Crippen LogP contribution < -0.4 is 5.32 Å². The van der Waals surface area contributed by atoms with E-state index in [0.29, 0.717) is 32.2 Å². The van der Waals surface area contributed by atoms with Crippen LogP contribution in [-0.2, 0) is 9.53 Å². The van der Waals surface area contributed by atoms with Gasteiger partial charge in [0.05, 0.1) is 32.5 Å². The van der Waals surface area contributed by atoms with Crippen molar-refractivity contribution in [1.29, 1.82) is 0 Å². The van der Waals surface area contributed by atoms with Crippen molar-refractivity contribution in [2.75, 3.05) is 11.9 Å². The van der Waals surface area contributed by atoms with Crippen molar-refractivity contribution >= 4 is 51.7 Å². The van der Waals surface area contributed by atoms with Crippen LogP contribution in [0.3, 0.4) is 0 Å². The second-order valence-electron chi connectivity index (χ2n) is 6.66.